The van der Waals surface area contributed by atoms with Crippen LogP contribution < -0.4 is 0 Å². The van der Waals surface area contributed by atoms with Crippen LogP contribution in [0.1, 0.15) is 126 Å². The zero-order chi connectivity index (χ0) is 24.9. The van der Waals surface area contributed by atoms with Crippen LogP contribution in [0.15, 0.2) is 35.9 Å². The summed E-state index contributed by atoms with van der Waals surface area (Å²) in [6, 6.07) is 7.12. The van der Waals surface area contributed by atoms with E-state index < -0.39 is 11.2 Å². The molecule has 0 amide bonds. The summed E-state index contributed by atoms with van der Waals surface area (Å²) in [6.45, 7) is 13.3. The first-order chi connectivity index (χ1) is 16.1. The SMILES string of the molecule is C/C(=C\CC12OC1(C)C(=O)c1ccccc1C2=O)CCCC(C)CCCC(C)CCCC(C)C. The van der Waals surface area contributed by atoms with Gasteiger partial charge < -0.3 is 4.74 Å². The summed E-state index contributed by atoms with van der Waals surface area (Å²) in [5, 5.41) is 0. The first kappa shape index (κ1) is 26.9. The molecule has 4 atom stereocenters. The maximum Gasteiger partial charge on any atom is 0.199 e. The molecule has 0 spiro atoms. The van der Waals surface area contributed by atoms with Gasteiger partial charge in [-0.05, 0) is 44.4 Å². The smallest absolute Gasteiger partial charge is 0.199 e. The summed E-state index contributed by atoms with van der Waals surface area (Å²) in [6.07, 6.45) is 14.2. The Morgan fingerprint density at radius 2 is 1.38 bits per heavy atom. The van der Waals surface area contributed by atoms with Crippen LogP contribution in [0.2, 0.25) is 0 Å². The largest absolute Gasteiger partial charge is 0.345 e. The number of benzene rings is 1. The lowest BCUT2D eigenvalue weighted by Gasteiger charge is -2.22. The number of ketones is 2. The molecule has 1 heterocycles. The van der Waals surface area contributed by atoms with Gasteiger partial charge in [0.05, 0.1) is 0 Å². The number of hydrogen-bond acceptors (Lipinski definition) is 3. The quantitative estimate of drug-likeness (QED) is 0.204. The predicted octanol–water partition coefficient (Wildman–Crippen LogP) is 8.37. The van der Waals surface area contributed by atoms with Gasteiger partial charge in [-0.15, -0.1) is 0 Å². The van der Waals surface area contributed by atoms with Crippen molar-refractivity contribution in [3.63, 3.8) is 0 Å². The van der Waals surface area contributed by atoms with Crippen LogP contribution in [0.3, 0.4) is 0 Å². The van der Waals surface area contributed by atoms with E-state index in [0.29, 0.717) is 17.5 Å². The summed E-state index contributed by atoms with van der Waals surface area (Å²) in [5.41, 5.74) is 0.297. The van der Waals surface area contributed by atoms with Crippen LogP contribution in [-0.2, 0) is 4.74 Å². The highest BCUT2D eigenvalue weighted by atomic mass is 16.6. The lowest BCUT2D eigenvalue weighted by molar-refractivity contribution is 0.0847. The van der Waals surface area contributed by atoms with Crippen molar-refractivity contribution in [2.45, 2.75) is 117 Å². The Labute approximate surface area is 207 Å². The van der Waals surface area contributed by atoms with Crippen molar-refractivity contribution in [2.24, 2.45) is 17.8 Å². The molecule has 2 aliphatic rings. The van der Waals surface area contributed by atoms with E-state index in [2.05, 4.69) is 40.7 Å². The topological polar surface area (TPSA) is 46.7 Å². The molecule has 34 heavy (non-hydrogen) atoms. The minimum absolute atomic E-state index is 0.0405. The second-order valence-electron chi connectivity index (χ2n) is 11.8. The Morgan fingerprint density at radius 3 is 1.97 bits per heavy atom. The molecule has 1 aliphatic carbocycles. The molecule has 1 fully saturated rings. The lowest BCUT2D eigenvalue weighted by atomic mass is 9.73. The summed E-state index contributed by atoms with van der Waals surface area (Å²) in [5.74, 6) is 2.34. The number of hydrogen-bond donors (Lipinski definition) is 0. The number of carbonyl (C=O) groups is 2. The number of ether oxygens (including phenoxy) is 1. The average Bonchev–Trinajstić information content (AvgIpc) is 3.43. The average molecular weight is 467 g/mol. The van der Waals surface area contributed by atoms with Gasteiger partial charge in [0.25, 0.3) is 0 Å². The van der Waals surface area contributed by atoms with Crippen molar-refractivity contribution >= 4 is 11.6 Å². The van der Waals surface area contributed by atoms with E-state index in [9.17, 15) is 9.59 Å². The van der Waals surface area contributed by atoms with Gasteiger partial charge in [0.15, 0.2) is 22.8 Å². The molecule has 3 rings (SSSR count). The van der Waals surface area contributed by atoms with Gasteiger partial charge in [-0.2, -0.15) is 0 Å². The zero-order valence-electron chi connectivity index (χ0n) is 22.4. The molecule has 3 heteroatoms. The van der Waals surface area contributed by atoms with E-state index in [-0.39, 0.29) is 11.6 Å². The minimum Gasteiger partial charge on any atom is -0.345 e. The summed E-state index contributed by atoms with van der Waals surface area (Å²) >= 11 is 0. The highest BCUT2D eigenvalue weighted by Gasteiger charge is 2.77. The third-order valence-electron chi connectivity index (χ3n) is 8.20. The van der Waals surface area contributed by atoms with Gasteiger partial charge in [-0.1, -0.05) is 109 Å². The normalized spacial score (nSPS) is 25.8. The molecule has 1 aromatic rings. The van der Waals surface area contributed by atoms with Gasteiger partial charge >= 0.3 is 0 Å². The van der Waals surface area contributed by atoms with E-state index in [0.717, 1.165) is 24.2 Å². The van der Waals surface area contributed by atoms with Crippen LogP contribution >= 0.6 is 0 Å². The van der Waals surface area contributed by atoms with Crippen molar-refractivity contribution in [1.29, 1.82) is 0 Å². The number of Topliss-reactive ketones (excluding diaryl/α,β-unsaturated/α-hetero) is 2. The Morgan fingerprint density at radius 1 is 0.853 bits per heavy atom. The maximum atomic E-state index is 13.2. The molecular weight excluding hydrogens is 420 g/mol. The fraction of sp³-hybridized carbons (Fsp3) is 0.677. The Balaban J connectivity index is 1.39. The monoisotopic (exact) mass is 466 g/mol. The molecule has 1 aliphatic heterocycles. The molecule has 0 aromatic heterocycles. The van der Waals surface area contributed by atoms with E-state index >= 15 is 0 Å². The van der Waals surface area contributed by atoms with E-state index in [1.165, 1.54) is 56.9 Å². The molecular formula is C31H46O3. The number of fused-ring (bicyclic) bond motifs is 2. The van der Waals surface area contributed by atoms with Crippen LogP contribution in [0.4, 0.5) is 0 Å². The standard InChI is InChI=1S/C31H46O3/c1-22(2)12-9-13-23(3)14-10-15-24(4)16-11-17-25(5)20-21-31-29(33)27-19-8-7-18-26(27)28(32)30(31,6)34-31/h7-8,18-20,22-24H,9-17,21H2,1-6H3/b25-20+. The van der Waals surface area contributed by atoms with Gasteiger partial charge in [-0.3, -0.25) is 9.59 Å². The third kappa shape index (κ3) is 5.90. The fourth-order valence-corrected chi connectivity index (χ4v) is 5.63. The van der Waals surface area contributed by atoms with E-state index in [1.54, 1.807) is 19.1 Å². The Bertz CT molecular complexity index is 898. The molecule has 0 N–H and O–H groups in total. The highest BCUT2D eigenvalue weighted by molar-refractivity contribution is 6.25. The maximum absolute atomic E-state index is 13.2. The van der Waals surface area contributed by atoms with Gasteiger partial charge in [0, 0.05) is 17.5 Å². The summed E-state index contributed by atoms with van der Waals surface area (Å²) in [7, 11) is 0. The van der Waals surface area contributed by atoms with Crippen molar-refractivity contribution < 1.29 is 14.3 Å². The number of carbonyl (C=O) groups excluding carboxylic acids is 2. The summed E-state index contributed by atoms with van der Waals surface area (Å²) < 4.78 is 5.91. The third-order valence-corrected chi connectivity index (χ3v) is 8.20. The van der Waals surface area contributed by atoms with Crippen molar-refractivity contribution in [1.82, 2.24) is 0 Å². The van der Waals surface area contributed by atoms with Crippen molar-refractivity contribution in [3.8, 4) is 0 Å². The van der Waals surface area contributed by atoms with Gasteiger partial charge in [-0.25, -0.2) is 0 Å². The fourth-order valence-electron chi connectivity index (χ4n) is 5.63. The molecule has 0 radical (unpaired) electrons. The second-order valence-corrected chi connectivity index (χ2v) is 11.8. The van der Waals surface area contributed by atoms with Crippen LogP contribution in [-0.4, -0.2) is 22.8 Å². The number of allylic oxidation sites excluding steroid dienone is 1. The molecule has 0 saturated carbocycles. The molecule has 0 bridgehead atoms. The van der Waals surface area contributed by atoms with Crippen molar-refractivity contribution in [3.05, 3.63) is 47.0 Å². The van der Waals surface area contributed by atoms with Gasteiger partial charge in [0.1, 0.15) is 0 Å². The van der Waals surface area contributed by atoms with Crippen LogP contribution in [0, 0.1) is 17.8 Å². The molecule has 188 valence electrons. The first-order valence-corrected chi connectivity index (χ1v) is 13.6. The van der Waals surface area contributed by atoms with E-state index in [1.807, 2.05) is 12.1 Å². The zero-order valence-corrected chi connectivity index (χ0v) is 22.4. The second kappa shape index (κ2) is 11.3. The van der Waals surface area contributed by atoms with Crippen LogP contribution in [0.25, 0.3) is 0 Å². The molecule has 3 nitrogen and oxygen atoms in total. The molecule has 1 aromatic carbocycles. The van der Waals surface area contributed by atoms with Gasteiger partial charge in [0.2, 0.25) is 0 Å². The lowest BCUT2D eigenvalue weighted by Crippen LogP contribution is -2.43. The Hall–Kier alpha value is -1.74. The van der Waals surface area contributed by atoms with Crippen LogP contribution in [0.5, 0.6) is 0 Å². The summed E-state index contributed by atoms with van der Waals surface area (Å²) in [4.78, 5) is 26.1. The number of epoxide rings is 1. The number of rotatable bonds is 14. The minimum atomic E-state index is -1.00. The first-order valence-electron chi connectivity index (χ1n) is 13.6. The predicted molar refractivity (Wildman–Crippen MR) is 140 cm³/mol. The van der Waals surface area contributed by atoms with Crippen molar-refractivity contribution in [2.75, 3.05) is 0 Å². The Kier molecular flexibility index (Phi) is 8.95. The van der Waals surface area contributed by atoms with E-state index in [4.69, 9.17) is 4.74 Å². The molecule has 4 unspecified atom stereocenters. The molecule has 1 saturated heterocycles. The highest BCUT2D eigenvalue weighted by Crippen LogP contribution is 2.57.